The maximum absolute atomic E-state index is 9.83. The van der Waals surface area contributed by atoms with Crippen molar-refractivity contribution >= 4 is 28.6 Å². The van der Waals surface area contributed by atoms with Gasteiger partial charge < -0.3 is 20.3 Å². The molecule has 0 amide bonds. The van der Waals surface area contributed by atoms with Crippen molar-refractivity contribution in [1.29, 1.82) is 0 Å². The third-order valence-corrected chi connectivity index (χ3v) is 4.91. The van der Waals surface area contributed by atoms with E-state index in [9.17, 15) is 5.11 Å². The topological polar surface area (TPSA) is 101 Å². The first-order chi connectivity index (χ1) is 13.1. The first-order valence-corrected chi connectivity index (χ1v) is 9.46. The van der Waals surface area contributed by atoms with E-state index in [1.165, 1.54) is 0 Å². The van der Waals surface area contributed by atoms with Crippen LogP contribution in [0.1, 0.15) is 45.6 Å². The Morgan fingerprint density at radius 1 is 1.19 bits per heavy atom. The summed E-state index contributed by atoms with van der Waals surface area (Å²) in [5, 5.41) is 16.4. The maximum atomic E-state index is 9.83. The van der Waals surface area contributed by atoms with E-state index >= 15 is 0 Å². The van der Waals surface area contributed by atoms with Crippen LogP contribution in [-0.2, 0) is 0 Å². The molecule has 2 unspecified atom stereocenters. The van der Waals surface area contributed by atoms with Gasteiger partial charge in [0.15, 0.2) is 0 Å². The molecule has 0 aliphatic heterocycles. The van der Waals surface area contributed by atoms with E-state index < -0.39 is 0 Å². The number of nitrogens with one attached hydrogen (secondary N) is 2. The molecule has 3 aromatic heterocycles. The highest BCUT2D eigenvalue weighted by Crippen LogP contribution is 2.23. The summed E-state index contributed by atoms with van der Waals surface area (Å²) in [5.41, 5.74) is 1.90. The van der Waals surface area contributed by atoms with Gasteiger partial charge in [0.05, 0.1) is 24.1 Å². The third kappa shape index (κ3) is 4.00. The SMILES string of the molecule is CC(C)n1cnc2cnc(Nc3ccnc(NC4CCCC(O)C4)n3)cc21. The Bertz CT molecular complexity index is 923. The number of nitrogens with zero attached hydrogens (tertiary/aromatic N) is 5. The van der Waals surface area contributed by atoms with Crippen molar-refractivity contribution < 1.29 is 5.11 Å². The van der Waals surface area contributed by atoms with Crippen LogP contribution >= 0.6 is 0 Å². The number of fused-ring (bicyclic) bond motifs is 1. The molecule has 0 bridgehead atoms. The molecule has 8 heteroatoms. The molecule has 2 atom stereocenters. The normalized spacial score (nSPS) is 20.1. The molecule has 1 fully saturated rings. The van der Waals surface area contributed by atoms with Gasteiger partial charge >= 0.3 is 0 Å². The second-order valence-electron chi connectivity index (χ2n) is 7.36. The van der Waals surface area contributed by atoms with Crippen molar-refractivity contribution in [2.24, 2.45) is 0 Å². The molecule has 4 rings (SSSR count). The van der Waals surface area contributed by atoms with Crippen LogP contribution in [0.4, 0.5) is 17.6 Å². The smallest absolute Gasteiger partial charge is 0.224 e. The average molecular weight is 367 g/mol. The summed E-state index contributed by atoms with van der Waals surface area (Å²) < 4.78 is 2.11. The van der Waals surface area contributed by atoms with Gasteiger partial charge in [-0.15, -0.1) is 0 Å². The van der Waals surface area contributed by atoms with Gasteiger partial charge in [0.1, 0.15) is 17.2 Å². The van der Waals surface area contributed by atoms with Crippen LogP contribution < -0.4 is 10.6 Å². The predicted octanol–water partition coefficient (Wildman–Crippen LogP) is 3.26. The molecule has 142 valence electrons. The Balaban J connectivity index is 1.51. The van der Waals surface area contributed by atoms with Gasteiger partial charge in [-0.2, -0.15) is 4.98 Å². The van der Waals surface area contributed by atoms with Gasteiger partial charge in [0, 0.05) is 24.3 Å². The van der Waals surface area contributed by atoms with Crippen LogP contribution in [-0.4, -0.2) is 41.8 Å². The molecule has 1 saturated carbocycles. The largest absolute Gasteiger partial charge is 0.393 e. The van der Waals surface area contributed by atoms with Crippen molar-refractivity contribution in [3.63, 3.8) is 0 Å². The fourth-order valence-electron chi connectivity index (χ4n) is 3.52. The van der Waals surface area contributed by atoms with E-state index in [-0.39, 0.29) is 12.1 Å². The van der Waals surface area contributed by atoms with Crippen molar-refractivity contribution in [2.75, 3.05) is 10.6 Å². The number of hydrogen-bond donors (Lipinski definition) is 3. The molecule has 1 aliphatic carbocycles. The highest BCUT2D eigenvalue weighted by atomic mass is 16.3. The zero-order valence-electron chi connectivity index (χ0n) is 15.6. The Morgan fingerprint density at radius 3 is 2.89 bits per heavy atom. The van der Waals surface area contributed by atoms with E-state index in [4.69, 9.17) is 0 Å². The first kappa shape index (κ1) is 17.7. The number of aliphatic hydroxyl groups excluding tert-OH is 1. The molecule has 0 radical (unpaired) electrons. The van der Waals surface area contributed by atoms with Crippen molar-refractivity contribution in [3.05, 3.63) is 30.9 Å². The van der Waals surface area contributed by atoms with Gasteiger partial charge in [0.25, 0.3) is 0 Å². The minimum Gasteiger partial charge on any atom is -0.393 e. The number of anilines is 3. The monoisotopic (exact) mass is 367 g/mol. The van der Waals surface area contributed by atoms with Crippen molar-refractivity contribution in [2.45, 2.75) is 57.7 Å². The first-order valence-electron chi connectivity index (χ1n) is 9.46. The highest BCUT2D eigenvalue weighted by molar-refractivity contribution is 5.78. The number of hydrogen-bond acceptors (Lipinski definition) is 7. The van der Waals surface area contributed by atoms with Gasteiger partial charge in [-0.3, -0.25) is 0 Å². The van der Waals surface area contributed by atoms with E-state index in [2.05, 4.69) is 49.0 Å². The molecule has 1 aliphatic rings. The molecule has 0 saturated heterocycles. The second-order valence-corrected chi connectivity index (χ2v) is 7.36. The molecule has 27 heavy (non-hydrogen) atoms. The van der Waals surface area contributed by atoms with Crippen LogP contribution in [0, 0.1) is 0 Å². The van der Waals surface area contributed by atoms with Gasteiger partial charge in [-0.25, -0.2) is 15.0 Å². The van der Waals surface area contributed by atoms with Crippen molar-refractivity contribution in [1.82, 2.24) is 24.5 Å². The molecule has 3 heterocycles. The second kappa shape index (κ2) is 7.48. The number of imidazole rings is 1. The standard InChI is InChI=1S/C19H25N7O/c1-12(2)26-11-22-15-10-21-18(9-16(15)26)24-17-6-7-20-19(25-17)23-13-4-3-5-14(27)8-13/h6-7,9-14,27H,3-5,8H2,1-2H3,(H2,20,21,23,24,25). The van der Waals surface area contributed by atoms with Gasteiger partial charge in [0.2, 0.25) is 5.95 Å². The summed E-state index contributed by atoms with van der Waals surface area (Å²) in [7, 11) is 0. The minimum absolute atomic E-state index is 0.207. The number of rotatable bonds is 5. The van der Waals surface area contributed by atoms with E-state index in [0.717, 1.165) is 36.7 Å². The lowest BCUT2D eigenvalue weighted by Gasteiger charge is -2.26. The van der Waals surface area contributed by atoms with Crippen LogP contribution in [0.2, 0.25) is 0 Å². The quantitative estimate of drug-likeness (QED) is 0.636. The van der Waals surface area contributed by atoms with Gasteiger partial charge in [-0.05, 0) is 45.6 Å². The predicted molar refractivity (Wildman–Crippen MR) is 105 cm³/mol. The third-order valence-electron chi connectivity index (χ3n) is 4.91. The van der Waals surface area contributed by atoms with Crippen molar-refractivity contribution in [3.8, 4) is 0 Å². The molecule has 8 nitrogen and oxygen atoms in total. The molecule has 0 aromatic carbocycles. The summed E-state index contributed by atoms with van der Waals surface area (Å²) in [6.07, 6.45) is 8.74. The lowest BCUT2D eigenvalue weighted by molar-refractivity contribution is 0.124. The summed E-state index contributed by atoms with van der Waals surface area (Å²) in [4.78, 5) is 17.7. The summed E-state index contributed by atoms with van der Waals surface area (Å²) in [5.74, 6) is 1.95. The average Bonchev–Trinajstić information content (AvgIpc) is 3.05. The lowest BCUT2D eigenvalue weighted by atomic mass is 9.93. The number of aliphatic hydroxyl groups is 1. The summed E-state index contributed by atoms with van der Waals surface area (Å²) in [6, 6.07) is 4.33. The molecule has 0 spiro atoms. The van der Waals surface area contributed by atoms with Crippen LogP contribution in [0.15, 0.2) is 30.9 Å². The Morgan fingerprint density at radius 2 is 2.07 bits per heavy atom. The van der Waals surface area contributed by atoms with Crippen LogP contribution in [0.3, 0.4) is 0 Å². The lowest BCUT2D eigenvalue weighted by Crippen LogP contribution is -2.30. The molecular formula is C19H25N7O. The van der Waals surface area contributed by atoms with E-state index in [1.807, 2.05) is 18.5 Å². The van der Waals surface area contributed by atoms with Gasteiger partial charge in [-0.1, -0.05) is 0 Å². The number of aromatic nitrogens is 5. The Hall–Kier alpha value is -2.74. The zero-order valence-corrected chi connectivity index (χ0v) is 15.6. The molecule has 3 N–H and O–H groups in total. The fourth-order valence-corrected chi connectivity index (χ4v) is 3.52. The molecular weight excluding hydrogens is 342 g/mol. The van der Waals surface area contributed by atoms with Crippen LogP contribution in [0.5, 0.6) is 0 Å². The van der Waals surface area contributed by atoms with E-state index in [0.29, 0.717) is 23.6 Å². The zero-order chi connectivity index (χ0) is 18.8. The Kier molecular flexibility index (Phi) is 4.89. The minimum atomic E-state index is -0.237. The van der Waals surface area contributed by atoms with Crippen LogP contribution in [0.25, 0.3) is 11.0 Å². The van der Waals surface area contributed by atoms with E-state index in [1.54, 1.807) is 12.4 Å². The number of pyridine rings is 1. The summed E-state index contributed by atoms with van der Waals surface area (Å²) >= 11 is 0. The Labute approximate surface area is 158 Å². The molecule has 3 aromatic rings. The summed E-state index contributed by atoms with van der Waals surface area (Å²) in [6.45, 7) is 4.25. The highest BCUT2D eigenvalue weighted by Gasteiger charge is 2.20. The fraction of sp³-hybridized carbons (Fsp3) is 0.474. The maximum Gasteiger partial charge on any atom is 0.224 e.